The summed E-state index contributed by atoms with van der Waals surface area (Å²) in [6.45, 7) is 2.89. The van der Waals surface area contributed by atoms with E-state index in [2.05, 4.69) is 26.2 Å². The number of nitrogens with zero attached hydrogens (tertiary/aromatic N) is 2. The van der Waals surface area contributed by atoms with Crippen LogP contribution < -0.4 is 15.0 Å². The fourth-order valence-electron chi connectivity index (χ4n) is 2.41. The Hall–Kier alpha value is -2.41. The molecule has 0 aliphatic rings. The van der Waals surface area contributed by atoms with E-state index in [0.29, 0.717) is 43.1 Å². The number of hydrogen-bond donors (Lipinski definition) is 1. The number of hydrogen-bond acceptors (Lipinski definition) is 4. The number of aromatic nitrogens is 1. The first-order valence-corrected chi connectivity index (χ1v) is 9.18. The third-order valence-electron chi connectivity index (χ3n) is 3.81. The van der Waals surface area contributed by atoms with Gasteiger partial charge in [-0.1, -0.05) is 0 Å². The second-order valence-electron chi connectivity index (χ2n) is 5.56. The number of carbonyl (C=O) groups is 2. The van der Waals surface area contributed by atoms with Crippen molar-refractivity contribution >= 4 is 33.6 Å². The number of nitrogens with one attached hydrogen (secondary N) is 1. The van der Waals surface area contributed by atoms with Gasteiger partial charge < -0.3 is 10.1 Å². The van der Waals surface area contributed by atoms with Crippen molar-refractivity contribution in [2.45, 2.75) is 19.8 Å². The first-order chi connectivity index (χ1) is 12.5. The summed E-state index contributed by atoms with van der Waals surface area (Å²) in [5.74, 6) is 1.15. The molecule has 7 heteroatoms. The fraction of sp³-hybridized carbons (Fsp3) is 0.316. The summed E-state index contributed by atoms with van der Waals surface area (Å²) in [6.07, 6.45) is 2.57. The molecule has 0 aliphatic heterocycles. The van der Waals surface area contributed by atoms with Crippen molar-refractivity contribution in [3.63, 3.8) is 0 Å². The third kappa shape index (κ3) is 5.56. The summed E-state index contributed by atoms with van der Waals surface area (Å²) >= 11 is 3.33. The largest absolute Gasteiger partial charge is 0.497 e. The number of rotatable bonds is 8. The molecule has 0 spiro atoms. The predicted molar refractivity (Wildman–Crippen MR) is 105 cm³/mol. The van der Waals surface area contributed by atoms with Crippen molar-refractivity contribution in [1.82, 2.24) is 10.3 Å². The Labute approximate surface area is 161 Å². The molecule has 1 aromatic carbocycles. The molecule has 138 valence electrons. The number of methoxy groups -OCH3 is 1. The van der Waals surface area contributed by atoms with Crippen LogP contribution in [0.4, 0.5) is 5.82 Å². The fourth-order valence-corrected chi connectivity index (χ4v) is 2.65. The van der Waals surface area contributed by atoms with Gasteiger partial charge in [0.25, 0.3) is 5.91 Å². The third-order valence-corrected chi connectivity index (χ3v) is 4.28. The number of benzene rings is 1. The van der Waals surface area contributed by atoms with Crippen LogP contribution in [-0.2, 0) is 4.79 Å². The molecule has 2 rings (SSSR count). The van der Waals surface area contributed by atoms with Crippen LogP contribution in [0.2, 0.25) is 0 Å². The van der Waals surface area contributed by atoms with Crippen LogP contribution in [0.1, 0.15) is 30.1 Å². The molecule has 0 bridgehead atoms. The van der Waals surface area contributed by atoms with Gasteiger partial charge >= 0.3 is 0 Å². The van der Waals surface area contributed by atoms with Crippen LogP contribution in [0.5, 0.6) is 5.75 Å². The number of anilines is 1. The molecule has 6 nitrogen and oxygen atoms in total. The van der Waals surface area contributed by atoms with E-state index < -0.39 is 0 Å². The molecule has 0 saturated heterocycles. The molecule has 0 atom stereocenters. The van der Waals surface area contributed by atoms with Crippen LogP contribution in [0.15, 0.2) is 47.1 Å². The molecule has 1 aromatic heterocycles. The molecule has 0 saturated carbocycles. The van der Waals surface area contributed by atoms with E-state index in [9.17, 15) is 9.59 Å². The molecule has 2 amide bonds. The summed E-state index contributed by atoms with van der Waals surface area (Å²) in [5.41, 5.74) is 0.561. The van der Waals surface area contributed by atoms with Gasteiger partial charge in [0.15, 0.2) is 0 Å². The maximum atomic E-state index is 12.4. The predicted octanol–water partition coefficient (Wildman–Crippen LogP) is 3.42. The zero-order valence-corrected chi connectivity index (χ0v) is 16.5. The zero-order valence-electron chi connectivity index (χ0n) is 14.9. The van der Waals surface area contributed by atoms with E-state index in [0.717, 1.165) is 4.47 Å². The zero-order chi connectivity index (χ0) is 18.9. The smallest absolute Gasteiger partial charge is 0.251 e. The lowest BCUT2D eigenvalue weighted by Crippen LogP contribution is -2.32. The van der Waals surface area contributed by atoms with E-state index in [4.69, 9.17) is 4.74 Å². The average Bonchev–Trinajstić information content (AvgIpc) is 2.67. The first kappa shape index (κ1) is 19.9. The average molecular weight is 420 g/mol. The van der Waals surface area contributed by atoms with Gasteiger partial charge in [-0.15, -0.1) is 0 Å². The van der Waals surface area contributed by atoms with Crippen LogP contribution in [0.3, 0.4) is 0 Å². The van der Waals surface area contributed by atoms with Crippen molar-refractivity contribution in [1.29, 1.82) is 0 Å². The second kappa shape index (κ2) is 9.91. The lowest BCUT2D eigenvalue weighted by molar-refractivity contribution is -0.118. The van der Waals surface area contributed by atoms with Crippen LogP contribution in [0.25, 0.3) is 0 Å². The Bertz CT molecular complexity index is 733. The molecule has 0 fully saturated rings. The summed E-state index contributed by atoms with van der Waals surface area (Å²) in [4.78, 5) is 30.4. The minimum absolute atomic E-state index is 0.0129. The number of carbonyl (C=O) groups excluding carboxylic acids is 2. The Morgan fingerprint density at radius 3 is 2.50 bits per heavy atom. The molecule has 26 heavy (non-hydrogen) atoms. The summed E-state index contributed by atoms with van der Waals surface area (Å²) in [6, 6.07) is 10.5. The summed E-state index contributed by atoms with van der Waals surface area (Å²) in [7, 11) is 1.58. The highest BCUT2D eigenvalue weighted by atomic mass is 79.9. The molecule has 0 radical (unpaired) electrons. The quantitative estimate of drug-likeness (QED) is 0.665. The molecular formula is C19H22BrN3O3. The van der Waals surface area contributed by atoms with E-state index in [1.54, 1.807) is 48.5 Å². The number of amides is 2. The topological polar surface area (TPSA) is 71.5 Å². The monoisotopic (exact) mass is 419 g/mol. The van der Waals surface area contributed by atoms with E-state index in [-0.39, 0.29) is 11.8 Å². The molecule has 2 aromatic rings. The lowest BCUT2D eigenvalue weighted by atomic mass is 10.2. The SMILES string of the molecule is CCN(C(=O)CCCNC(=O)c1ccc(OC)cc1)c1ccc(Br)cn1. The minimum Gasteiger partial charge on any atom is -0.497 e. The summed E-state index contributed by atoms with van der Waals surface area (Å²) < 4.78 is 5.93. The highest BCUT2D eigenvalue weighted by Crippen LogP contribution is 2.16. The van der Waals surface area contributed by atoms with Crippen molar-refractivity contribution < 1.29 is 14.3 Å². The van der Waals surface area contributed by atoms with Gasteiger partial charge in [-0.2, -0.15) is 0 Å². The van der Waals surface area contributed by atoms with Crippen molar-refractivity contribution in [2.24, 2.45) is 0 Å². The lowest BCUT2D eigenvalue weighted by Gasteiger charge is -2.20. The minimum atomic E-state index is -0.165. The molecular weight excluding hydrogens is 398 g/mol. The van der Waals surface area contributed by atoms with Gasteiger partial charge in [0.1, 0.15) is 11.6 Å². The van der Waals surface area contributed by atoms with Gasteiger partial charge in [0, 0.05) is 35.7 Å². The first-order valence-electron chi connectivity index (χ1n) is 8.39. The Kier molecular flexibility index (Phi) is 7.59. The van der Waals surface area contributed by atoms with Gasteiger partial charge in [-0.25, -0.2) is 4.98 Å². The maximum Gasteiger partial charge on any atom is 0.251 e. The number of halogens is 1. The van der Waals surface area contributed by atoms with Crippen LogP contribution >= 0.6 is 15.9 Å². The van der Waals surface area contributed by atoms with E-state index in [1.807, 2.05) is 13.0 Å². The highest BCUT2D eigenvalue weighted by Gasteiger charge is 2.14. The molecule has 1 heterocycles. The number of ether oxygens (including phenoxy) is 1. The van der Waals surface area contributed by atoms with Crippen molar-refractivity contribution in [3.8, 4) is 5.75 Å². The Morgan fingerprint density at radius 1 is 1.19 bits per heavy atom. The van der Waals surface area contributed by atoms with Crippen LogP contribution in [0, 0.1) is 0 Å². The maximum absolute atomic E-state index is 12.4. The standard InChI is InChI=1S/C19H22BrN3O3/c1-3-23(17-11-8-15(20)13-22-17)18(24)5-4-12-21-19(25)14-6-9-16(26-2)10-7-14/h6-11,13H,3-5,12H2,1-2H3,(H,21,25). The van der Waals surface area contributed by atoms with Gasteiger partial charge in [-0.3, -0.25) is 14.5 Å². The molecule has 0 unspecified atom stereocenters. The normalized spacial score (nSPS) is 10.3. The Morgan fingerprint density at radius 2 is 1.92 bits per heavy atom. The van der Waals surface area contributed by atoms with Crippen molar-refractivity contribution in [3.05, 3.63) is 52.6 Å². The second-order valence-corrected chi connectivity index (χ2v) is 6.48. The van der Waals surface area contributed by atoms with Gasteiger partial charge in [0.2, 0.25) is 5.91 Å². The molecule has 0 aliphatic carbocycles. The number of pyridine rings is 1. The highest BCUT2D eigenvalue weighted by molar-refractivity contribution is 9.10. The van der Waals surface area contributed by atoms with E-state index in [1.165, 1.54) is 0 Å². The van der Waals surface area contributed by atoms with Crippen molar-refractivity contribution in [2.75, 3.05) is 25.1 Å². The Balaban J connectivity index is 1.79. The van der Waals surface area contributed by atoms with Gasteiger partial charge in [0.05, 0.1) is 7.11 Å². The molecule has 1 N–H and O–H groups in total. The van der Waals surface area contributed by atoms with Gasteiger partial charge in [-0.05, 0) is 65.7 Å². The van der Waals surface area contributed by atoms with Crippen LogP contribution in [-0.4, -0.2) is 37.0 Å². The van der Waals surface area contributed by atoms with E-state index >= 15 is 0 Å². The summed E-state index contributed by atoms with van der Waals surface area (Å²) in [5, 5.41) is 2.82.